The summed E-state index contributed by atoms with van der Waals surface area (Å²) in [6.45, 7) is 15.4. The molecule has 1 N–H and O–H groups in total. The first kappa shape index (κ1) is 17.9. The van der Waals surface area contributed by atoms with E-state index in [1.165, 1.54) is 58.4 Å². The summed E-state index contributed by atoms with van der Waals surface area (Å²) in [5, 5.41) is 3.75. The summed E-state index contributed by atoms with van der Waals surface area (Å²) in [5.74, 6) is 0.849. The van der Waals surface area contributed by atoms with Crippen LogP contribution in [0.15, 0.2) is 0 Å². The minimum Gasteiger partial charge on any atom is -0.314 e. The van der Waals surface area contributed by atoms with Gasteiger partial charge in [0.2, 0.25) is 0 Å². The maximum absolute atomic E-state index is 3.75. The summed E-state index contributed by atoms with van der Waals surface area (Å²) < 4.78 is 0. The number of piperidine rings is 1. The zero-order chi connectivity index (χ0) is 15.0. The second-order valence-corrected chi connectivity index (χ2v) is 6.82. The first-order chi connectivity index (χ1) is 9.54. The van der Waals surface area contributed by atoms with E-state index in [9.17, 15) is 0 Å². The van der Waals surface area contributed by atoms with Crippen LogP contribution in [-0.2, 0) is 0 Å². The van der Waals surface area contributed by atoms with Gasteiger partial charge in [-0.05, 0) is 85.6 Å². The Hall–Kier alpha value is -0.120. The molecule has 1 heterocycles. The van der Waals surface area contributed by atoms with Crippen LogP contribution in [0.25, 0.3) is 0 Å². The number of nitrogens with one attached hydrogen (secondary N) is 1. The lowest BCUT2D eigenvalue weighted by Crippen LogP contribution is -2.44. The monoisotopic (exact) mass is 283 g/mol. The van der Waals surface area contributed by atoms with Crippen molar-refractivity contribution in [3.8, 4) is 0 Å². The van der Waals surface area contributed by atoms with Crippen LogP contribution in [0.4, 0.5) is 0 Å². The third-order valence-electron chi connectivity index (χ3n) is 4.98. The molecule has 1 rings (SSSR count). The van der Waals surface area contributed by atoms with Gasteiger partial charge in [0.25, 0.3) is 0 Å². The number of unbranched alkanes of at least 4 members (excludes halogenated alkanes) is 1. The topological polar surface area (TPSA) is 18.5 Å². The van der Waals surface area contributed by atoms with Crippen LogP contribution in [-0.4, -0.2) is 61.7 Å². The van der Waals surface area contributed by atoms with E-state index in [2.05, 4.69) is 49.9 Å². The van der Waals surface area contributed by atoms with E-state index < -0.39 is 0 Å². The number of rotatable bonds is 9. The van der Waals surface area contributed by atoms with Crippen molar-refractivity contribution in [2.75, 3.05) is 39.8 Å². The van der Waals surface area contributed by atoms with Crippen molar-refractivity contribution in [1.82, 2.24) is 15.1 Å². The van der Waals surface area contributed by atoms with Crippen LogP contribution in [0.2, 0.25) is 0 Å². The summed E-state index contributed by atoms with van der Waals surface area (Å²) in [4.78, 5) is 5.04. The Kier molecular flexibility index (Phi) is 8.74. The first-order valence-corrected chi connectivity index (χ1v) is 8.70. The molecule has 2 unspecified atom stereocenters. The molecule has 1 aliphatic heterocycles. The Morgan fingerprint density at radius 2 is 2.00 bits per heavy atom. The third-order valence-corrected chi connectivity index (χ3v) is 4.98. The van der Waals surface area contributed by atoms with E-state index in [4.69, 9.17) is 0 Å². The van der Waals surface area contributed by atoms with Crippen molar-refractivity contribution in [2.24, 2.45) is 5.92 Å². The van der Waals surface area contributed by atoms with Crippen molar-refractivity contribution in [3.05, 3.63) is 0 Å². The highest BCUT2D eigenvalue weighted by atomic mass is 15.1. The summed E-state index contributed by atoms with van der Waals surface area (Å²) in [6, 6.07) is 1.34. The Morgan fingerprint density at radius 1 is 1.25 bits per heavy atom. The molecule has 0 amide bonds. The summed E-state index contributed by atoms with van der Waals surface area (Å²) in [5.41, 5.74) is 0. The van der Waals surface area contributed by atoms with Gasteiger partial charge in [-0.2, -0.15) is 0 Å². The lowest BCUT2D eigenvalue weighted by Gasteiger charge is -2.35. The average molecular weight is 284 g/mol. The predicted molar refractivity (Wildman–Crippen MR) is 89.3 cm³/mol. The highest BCUT2D eigenvalue weighted by Gasteiger charge is 2.23. The molecule has 1 fully saturated rings. The number of hydrogen-bond acceptors (Lipinski definition) is 3. The highest BCUT2D eigenvalue weighted by molar-refractivity contribution is 4.79. The Morgan fingerprint density at radius 3 is 2.65 bits per heavy atom. The number of nitrogens with zero attached hydrogens (tertiary/aromatic N) is 2. The largest absolute Gasteiger partial charge is 0.314 e. The smallest absolute Gasteiger partial charge is 0.00792 e. The van der Waals surface area contributed by atoms with Crippen molar-refractivity contribution < 1.29 is 0 Å². The van der Waals surface area contributed by atoms with Gasteiger partial charge < -0.3 is 15.1 Å². The summed E-state index contributed by atoms with van der Waals surface area (Å²) >= 11 is 0. The van der Waals surface area contributed by atoms with Crippen molar-refractivity contribution in [2.45, 2.75) is 65.5 Å². The molecule has 0 radical (unpaired) electrons. The molecule has 0 aromatic carbocycles. The third kappa shape index (κ3) is 6.55. The van der Waals surface area contributed by atoms with E-state index in [1.54, 1.807) is 0 Å². The van der Waals surface area contributed by atoms with Crippen LogP contribution in [0, 0.1) is 5.92 Å². The van der Waals surface area contributed by atoms with Crippen molar-refractivity contribution >= 4 is 0 Å². The van der Waals surface area contributed by atoms with Crippen LogP contribution < -0.4 is 5.32 Å². The molecule has 3 heteroatoms. The van der Waals surface area contributed by atoms with E-state index >= 15 is 0 Å². The van der Waals surface area contributed by atoms with Gasteiger partial charge in [0.15, 0.2) is 0 Å². The molecule has 0 saturated carbocycles. The molecule has 120 valence electrons. The molecular weight excluding hydrogens is 246 g/mol. The van der Waals surface area contributed by atoms with E-state index in [1.807, 2.05) is 0 Å². The lowest BCUT2D eigenvalue weighted by atomic mass is 9.91. The van der Waals surface area contributed by atoms with Gasteiger partial charge in [-0.3, -0.25) is 0 Å². The van der Waals surface area contributed by atoms with Gasteiger partial charge >= 0.3 is 0 Å². The molecule has 2 atom stereocenters. The molecule has 0 spiro atoms. The van der Waals surface area contributed by atoms with Crippen molar-refractivity contribution in [3.63, 3.8) is 0 Å². The highest BCUT2D eigenvalue weighted by Crippen LogP contribution is 2.19. The van der Waals surface area contributed by atoms with E-state index in [0.29, 0.717) is 12.1 Å². The van der Waals surface area contributed by atoms with Gasteiger partial charge in [0, 0.05) is 18.6 Å². The quantitative estimate of drug-likeness (QED) is 0.657. The standard InChI is InChI=1S/C17H37N3/c1-6-20-13-9-10-17(14-20)16(4)18-11-7-8-12-19(5)15(2)3/h15-18H,6-14H2,1-5H3. The molecular formula is C17H37N3. The number of hydrogen-bond donors (Lipinski definition) is 1. The Bertz CT molecular complexity index is 242. The first-order valence-electron chi connectivity index (χ1n) is 8.70. The molecule has 1 saturated heterocycles. The van der Waals surface area contributed by atoms with Gasteiger partial charge in [0.05, 0.1) is 0 Å². The summed E-state index contributed by atoms with van der Waals surface area (Å²) in [6.07, 6.45) is 5.39. The zero-order valence-corrected chi connectivity index (χ0v) is 14.5. The molecule has 0 aromatic rings. The SMILES string of the molecule is CCN1CCCC(C(C)NCCCCN(C)C(C)C)C1. The fraction of sp³-hybridized carbons (Fsp3) is 1.00. The maximum atomic E-state index is 3.75. The molecule has 0 bridgehead atoms. The van der Waals surface area contributed by atoms with Crippen LogP contribution >= 0.6 is 0 Å². The molecule has 3 nitrogen and oxygen atoms in total. The summed E-state index contributed by atoms with van der Waals surface area (Å²) in [7, 11) is 2.22. The zero-order valence-electron chi connectivity index (χ0n) is 14.5. The molecule has 0 aliphatic carbocycles. The minimum absolute atomic E-state index is 0.671. The van der Waals surface area contributed by atoms with Crippen molar-refractivity contribution in [1.29, 1.82) is 0 Å². The van der Waals surface area contributed by atoms with Gasteiger partial charge in [0.1, 0.15) is 0 Å². The van der Waals surface area contributed by atoms with Gasteiger partial charge in [-0.1, -0.05) is 6.92 Å². The maximum Gasteiger partial charge on any atom is 0.00792 e. The minimum atomic E-state index is 0.671. The molecule has 20 heavy (non-hydrogen) atoms. The lowest BCUT2D eigenvalue weighted by molar-refractivity contribution is 0.157. The van der Waals surface area contributed by atoms with Crippen LogP contribution in [0.5, 0.6) is 0 Å². The molecule has 0 aromatic heterocycles. The second-order valence-electron chi connectivity index (χ2n) is 6.82. The predicted octanol–water partition coefficient (Wildman–Crippen LogP) is 2.82. The normalized spacial score (nSPS) is 22.6. The van der Waals surface area contributed by atoms with Gasteiger partial charge in [-0.15, -0.1) is 0 Å². The fourth-order valence-corrected chi connectivity index (χ4v) is 3.03. The van der Waals surface area contributed by atoms with E-state index in [-0.39, 0.29) is 0 Å². The number of likely N-dealkylation sites (tertiary alicyclic amines) is 1. The second kappa shape index (κ2) is 9.75. The molecule has 1 aliphatic rings. The Balaban J connectivity index is 2.09. The van der Waals surface area contributed by atoms with Crippen LogP contribution in [0.3, 0.4) is 0 Å². The van der Waals surface area contributed by atoms with Crippen LogP contribution in [0.1, 0.15) is 53.4 Å². The van der Waals surface area contributed by atoms with E-state index in [0.717, 1.165) is 5.92 Å². The fourth-order valence-electron chi connectivity index (χ4n) is 3.03. The van der Waals surface area contributed by atoms with Gasteiger partial charge in [-0.25, -0.2) is 0 Å². The average Bonchev–Trinajstić information content (AvgIpc) is 2.46. The Labute approximate surface area is 127 Å².